The molecule has 2 N–H and O–H groups in total. The van der Waals surface area contributed by atoms with E-state index >= 15 is 0 Å². The fourth-order valence-corrected chi connectivity index (χ4v) is 5.26. The van der Waals surface area contributed by atoms with Crippen LogP contribution in [0.4, 0.5) is 0 Å². The number of hydrogen-bond donors (Lipinski definition) is 2. The standard InChI is InChI=1S/C37H38O8/c1-37(2)44-33(23-42-31-19-11-27(12-20-31)5-3-25-7-15-29(16-8-25)35(38)39)34(45-37)24-43-32-21-13-28(14-22-32)6-4-26-9-17-30(18-10-26)36(40)41/h7-22,33-34H,3-6,23-24H2,1-2H3,(H,38,39)(H,40,41)/t33-,34-/m0/s1. The van der Waals surface area contributed by atoms with Crippen molar-refractivity contribution < 1.29 is 38.7 Å². The van der Waals surface area contributed by atoms with Crippen LogP contribution in [0.25, 0.3) is 0 Å². The molecule has 0 saturated carbocycles. The zero-order chi connectivity index (χ0) is 31.8. The lowest BCUT2D eigenvalue weighted by atomic mass is 10.0. The fourth-order valence-electron chi connectivity index (χ4n) is 5.26. The highest BCUT2D eigenvalue weighted by Gasteiger charge is 2.42. The normalized spacial score (nSPS) is 17.1. The maximum atomic E-state index is 11.0. The Morgan fingerprint density at radius 2 is 0.844 bits per heavy atom. The summed E-state index contributed by atoms with van der Waals surface area (Å²) in [6.45, 7) is 4.40. The van der Waals surface area contributed by atoms with E-state index in [0.29, 0.717) is 24.3 Å². The molecule has 0 radical (unpaired) electrons. The SMILES string of the molecule is CC1(C)O[C@@H](COc2ccc(CCc3ccc(C(=O)O)cc3)cc2)[C@H](COc2ccc(CCc3ccc(C(=O)O)cc3)cc2)O1. The second kappa shape index (κ2) is 14.4. The van der Waals surface area contributed by atoms with Crippen LogP contribution in [-0.2, 0) is 35.2 Å². The van der Waals surface area contributed by atoms with Crippen molar-refractivity contribution in [1.29, 1.82) is 0 Å². The summed E-state index contributed by atoms with van der Waals surface area (Å²) < 4.78 is 24.4. The summed E-state index contributed by atoms with van der Waals surface area (Å²) in [5, 5.41) is 18.1. The Morgan fingerprint density at radius 1 is 0.556 bits per heavy atom. The summed E-state index contributed by atoms with van der Waals surface area (Å²) in [4.78, 5) is 22.1. The van der Waals surface area contributed by atoms with Crippen LogP contribution >= 0.6 is 0 Å². The van der Waals surface area contributed by atoms with E-state index in [1.54, 1.807) is 24.3 Å². The number of carboxylic acid groups (broad SMARTS) is 2. The van der Waals surface area contributed by atoms with Gasteiger partial charge < -0.3 is 29.2 Å². The van der Waals surface area contributed by atoms with Gasteiger partial charge in [0.05, 0.1) is 11.1 Å². The van der Waals surface area contributed by atoms with Crippen molar-refractivity contribution in [2.75, 3.05) is 13.2 Å². The first kappa shape index (κ1) is 31.8. The lowest BCUT2D eigenvalue weighted by molar-refractivity contribution is -0.150. The Balaban J connectivity index is 1.07. The number of aromatic carboxylic acids is 2. The maximum absolute atomic E-state index is 11.0. The van der Waals surface area contributed by atoms with Crippen molar-refractivity contribution in [1.82, 2.24) is 0 Å². The third kappa shape index (κ3) is 9.17. The maximum Gasteiger partial charge on any atom is 0.335 e. The molecule has 234 valence electrons. The molecule has 0 amide bonds. The molecule has 1 heterocycles. The van der Waals surface area contributed by atoms with Gasteiger partial charge in [-0.1, -0.05) is 48.5 Å². The van der Waals surface area contributed by atoms with E-state index in [2.05, 4.69) is 0 Å². The molecule has 0 spiro atoms. The minimum absolute atomic E-state index is 0.292. The predicted molar refractivity (Wildman–Crippen MR) is 169 cm³/mol. The number of carboxylic acids is 2. The predicted octanol–water partition coefficient (Wildman–Crippen LogP) is 6.63. The van der Waals surface area contributed by atoms with Gasteiger partial charge in [-0.3, -0.25) is 0 Å². The number of hydrogen-bond acceptors (Lipinski definition) is 6. The molecule has 0 aliphatic carbocycles. The lowest BCUT2D eigenvalue weighted by Crippen LogP contribution is -2.33. The van der Waals surface area contributed by atoms with E-state index in [1.165, 1.54) is 0 Å². The van der Waals surface area contributed by atoms with Crippen LogP contribution in [0, 0.1) is 0 Å². The topological polar surface area (TPSA) is 112 Å². The molecule has 1 fully saturated rings. The average molecular weight is 611 g/mol. The summed E-state index contributed by atoms with van der Waals surface area (Å²) in [5.41, 5.74) is 5.09. The van der Waals surface area contributed by atoms with Gasteiger partial charge in [-0.15, -0.1) is 0 Å². The Labute approximate surface area is 263 Å². The average Bonchev–Trinajstić information content (AvgIpc) is 3.35. The van der Waals surface area contributed by atoms with Gasteiger partial charge in [0.25, 0.3) is 0 Å². The third-order valence-corrected chi connectivity index (χ3v) is 7.77. The van der Waals surface area contributed by atoms with E-state index in [0.717, 1.165) is 59.4 Å². The first-order valence-corrected chi connectivity index (χ1v) is 15.1. The van der Waals surface area contributed by atoms with Crippen molar-refractivity contribution >= 4 is 11.9 Å². The smallest absolute Gasteiger partial charge is 0.335 e. The van der Waals surface area contributed by atoms with E-state index < -0.39 is 17.7 Å². The number of carbonyl (C=O) groups is 2. The first-order chi connectivity index (χ1) is 21.6. The molecule has 4 aromatic carbocycles. The number of benzene rings is 4. The Bertz CT molecular complexity index is 1440. The fraction of sp³-hybridized carbons (Fsp3) is 0.297. The summed E-state index contributed by atoms with van der Waals surface area (Å²) >= 11 is 0. The van der Waals surface area contributed by atoms with E-state index in [1.807, 2.05) is 86.6 Å². The second-order valence-electron chi connectivity index (χ2n) is 11.6. The highest BCUT2D eigenvalue weighted by Crippen LogP contribution is 2.30. The molecule has 1 aliphatic heterocycles. The van der Waals surface area contributed by atoms with Gasteiger partial charge in [-0.2, -0.15) is 0 Å². The Hall–Kier alpha value is -4.66. The summed E-state index contributed by atoms with van der Waals surface area (Å²) in [5.74, 6) is -1.10. The minimum atomic E-state index is -0.919. The summed E-state index contributed by atoms with van der Waals surface area (Å²) in [6.07, 6.45) is 2.70. The van der Waals surface area contributed by atoms with Crippen LogP contribution in [-0.4, -0.2) is 53.4 Å². The molecule has 8 nitrogen and oxygen atoms in total. The van der Waals surface area contributed by atoms with Crippen LogP contribution in [0.3, 0.4) is 0 Å². The molecule has 1 saturated heterocycles. The highest BCUT2D eigenvalue weighted by atomic mass is 16.8. The molecule has 4 aromatic rings. The molecule has 0 aromatic heterocycles. The molecule has 0 bridgehead atoms. The van der Waals surface area contributed by atoms with Gasteiger partial charge in [0, 0.05) is 0 Å². The van der Waals surface area contributed by atoms with Gasteiger partial charge in [0.1, 0.15) is 36.9 Å². The molecular weight excluding hydrogens is 572 g/mol. The van der Waals surface area contributed by atoms with Crippen LogP contribution < -0.4 is 9.47 Å². The highest BCUT2D eigenvalue weighted by molar-refractivity contribution is 5.88. The lowest BCUT2D eigenvalue weighted by Gasteiger charge is -2.18. The minimum Gasteiger partial charge on any atom is -0.491 e. The molecule has 2 atom stereocenters. The van der Waals surface area contributed by atoms with Crippen molar-refractivity contribution in [2.45, 2.75) is 57.5 Å². The van der Waals surface area contributed by atoms with Crippen LogP contribution in [0.1, 0.15) is 56.8 Å². The second-order valence-corrected chi connectivity index (χ2v) is 11.6. The number of ether oxygens (including phenoxy) is 4. The molecule has 8 heteroatoms. The van der Waals surface area contributed by atoms with Crippen LogP contribution in [0.5, 0.6) is 11.5 Å². The monoisotopic (exact) mass is 610 g/mol. The van der Waals surface area contributed by atoms with Gasteiger partial charge in [0.15, 0.2) is 5.79 Å². The van der Waals surface area contributed by atoms with Crippen LogP contribution in [0.15, 0.2) is 97.1 Å². The van der Waals surface area contributed by atoms with Crippen molar-refractivity contribution in [3.63, 3.8) is 0 Å². The molecule has 0 unspecified atom stereocenters. The summed E-state index contributed by atoms with van der Waals surface area (Å²) in [6, 6.07) is 29.9. The van der Waals surface area contributed by atoms with Gasteiger partial charge in [-0.05, 0) is 110 Å². The third-order valence-electron chi connectivity index (χ3n) is 7.77. The van der Waals surface area contributed by atoms with E-state index in [-0.39, 0.29) is 12.2 Å². The van der Waals surface area contributed by atoms with Gasteiger partial charge in [0.2, 0.25) is 0 Å². The van der Waals surface area contributed by atoms with Gasteiger partial charge >= 0.3 is 11.9 Å². The number of aryl methyl sites for hydroxylation is 4. The van der Waals surface area contributed by atoms with E-state index in [9.17, 15) is 9.59 Å². The molecular formula is C37H38O8. The van der Waals surface area contributed by atoms with Crippen molar-refractivity contribution in [3.8, 4) is 11.5 Å². The molecule has 45 heavy (non-hydrogen) atoms. The molecule has 1 aliphatic rings. The van der Waals surface area contributed by atoms with Crippen LogP contribution in [0.2, 0.25) is 0 Å². The summed E-state index contributed by atoms with van der Waals surface area (Å²) in [7, 11) is 0. The Morgan fingerprint density at radius 3 is 1.13 bits per heavy atom. The van der Waals surface area contributed by atoms with Crippen molar-refractivity contribution in [3.05, 3.63) is 130 Å². The van der Waals surface area contributed by atoms with E-state index in [4.69, 9.17) is 29.2 Å². The molecule has 5 rings (SSSR count). The quantitative estimate of drug-likeness (QED) is 0.164. The largest absolute Gasteiger partial charge is 0.491 e. The van der Waals surface area contributed by atoms with Crippen molar-refractivity contribution in [2.24, 2.45) is 0 Å². The van der Waals surface area contributed by atoms with Gasteiger partial charge in [-0.25, -0.2) is 9.59 Å². The zero-order valence-electron chi connectivity index (χ0n) is 25.5. The Kier molecular flexibility index (Phi) is 10.2. The number of rotatable bonds is 14. The first-order valence-electron chi connectivity index (χ1n) is 15.1. The zero-order valence-corrected chi connectivity index (χ0v) is 25.5.